The van der Waals surface area contributed by atoms with Crippen molar-refractivity contribution in [3.05, 3.63) is 16.9 Å². The first kappa shape index (κ1) is 24.2. The fraction of sp³-hybridized carbons (Fsp3) is 0.783. The second kappa shape index (κ2) is 11.5. The van der Waals surface area contributed by atoms with Gasteiger partial charge >= 0.3 is 6.09 Å². The number of ether oxygens (including phenoxy) is 2. The Labute approximate surface area is 195 Å². The topological polar surface area (TPSA) is 67.8 Å². The maximum absolute atomic E-state index is 12.1. The highest BCUT2D eigenvalue weighted by Crippen LogP contribution is 2.25. The molecule has 0 atom stereocenters. The largest absolute Gasteiger partial charge is 0.444 e. The molecule has 8 heteroatoms. The van der Waals surface area contributed by atoms with Crippen LogP contribution in [0.25, 0.3) is 0 Å². The second-order valence-corrected chi connectivity index (χ2v) is 10.7. The first-order valence-corrected chi connectivity index (χ1v) is 12.4. The number of carbonyl (C=O) groups is 1. The lowest BCUT2D eigenvalue weighted by Crippen LogP contribution is -2.42. The van der Waals surface area contributed by atoms with Crippen molar-refractivity contribution in [1.82, 2.24) is 14.9 Å². The zero-order valence-corrected chi connectivity index (χ0v) is 20.8. The molecule has 0 spiro atoms. The number of carbonyl (C=O) groups excluding carboxylic acids is 1. The van der Waals surface area contributed by atoms with E-state index in [1.165, 1.54) is 19.3 Å². The van der Waals surface area contributed by atoms with Crippen LogP contribution in [0.5, 0.6) is 0 Å². The Morgan fingerprint density at radius 1 is 1.06 bits per heavy atom. The Morgan fingerprint density at radius 3 is 2.29 bits per heavy atom. The van der Waals surface area contributed by atoms with Crippen LogP contribution in [-0.2, 0) is 9.47 Å². The average molecular weight is 497 g/mol. The molecule has 2 aliphatic heterocycles. The molecule has 1 amide bonds. The number of nitrogens with zero attached hydrogens (tertiary/aromatic N) is 4. The Bertz CT molecular complexity index is 679. The summed E-state index contributed by atoms with van der Waals surface area (Å²) < 4.78 is 12.4. The van der Waals surface area contributed by atoms with Crippen LogP contribution in [0.3, 0.4) is 0 Å². The van der Waals surface area contributed by atoms with E-state index in [1.807, 2.05) is 38.1 Å². The molecule has 1 aromatic heterocycles. The molecule has 3 heterocycles. The number of piperidine rings is 2. The maximum Gasteiger partial charge on any atom is 0.410 e. The molecule has 174 valence electrons. The minimum Gasteiger partial charge on any atom is -0.444 e. The average Bonchev–Trinajstić information content (AvgIpc) is 2.74. The van der Waals surface area contributed by atoms with Gasteiger partial charge in [0.05, 0.1) is 4.47 Å². The summed E-state index contributed by atoms with van der Waals surface area (Å²) in [6.45, 7) is 11.0. The molecule has 1 aromatic rings. The van der Waals surface area contributed by atoms with Crippen molar-refractivity contribution in [1.29, 1.82) is 0 Å². The van der Waals surface area contributed by atoms with Gasteiger partial charge in [0, 0.05) is 51.8 Å². The smallest absolute Gasteiger partial charge is 0.410 e. The van der Waals surface area contributed by atoms with Gasteiger partial charge in [0.2, 0.25) is 5.95 Å². The lowest BCUT2D eigenvalue weighted by Gasteiger charge is -2.33. The number of amides is 1. The van der Waals surface area contributed by atoms with Gasteiger partial charge in [-0.1, -0.05) is 0 Å². The van der Waals surface area contributed by atoms with Crippen molar-refractivity contribution >= 4 is 28.0 Å². The van der Waals surface area contributed by atoms with E-state index in [4.69, 9.17) is 9.47 Å². The molecule has 2 fully saturated rings. The van der Waals surface area contributed by atoms with Crippen molar-refractivity contribution in [2.45, 2.75) is 64.9 Å². The highest BCUT2D eigenvalue weighted by atomic mass is 79.9. The van der Waals surface area contributed by atoms with E-state index in [9.17, 15) is 4.79 Å². The second-order valence-electron chi connectivity index (χ2n) is 9.76. The van der Waals surface area contributed by atoms with Gasteiger partial charge in [-0.15, -0.1) is 0 Å². The first-order chi connectivity index (χ1) is 14.8. The normalized spacial score (nSPS) is 19.0. The van der Waals surface area contributed by atoms with Crippen LogP contribution in [0.1, 0.15) is 59.3 Å². The number of anilines is 1. The molecule has 0 aromatic carbocycles. The van der Waals surface area contributed by atoms with Crippen molar-refractivity contribution in [3.63, 3.8) is 0 Å². The van der Waals surface area contributed by atoms with Gasteiger partial charge in [0.1, 0.15) is 5.60 Å². The Kier molecular flexibility index (Phi) is 8.95. The third kappa shape index (κ3) is 8.22. The van der Waals surface area contributed by atoms with Gasteiger partial charge < -0.3 is 19.3 Å². The minimum absolute atomic E-state index is 0.190. The van der Waals surface area contributed by atoms with E-state index in [2.05, 4.69) is 30.8 Å². The summed E-state index contributed by atoms with van der Waals surface area (Å²) in [5.74, 6) is 2.16. The monoisotopic (exact) mass is 496 g/mol. The molecule has 0 saturated carbocycles. The summed E-state index contributed by atoms with van der Waals surface area (Å²) in [7, 11) is 0. The molecule has 0 radical (unpaired) electrons. The van der Waals surface area contributed by atoms with Gasteiger partial charge in [-0.2, -0.15) is 0 Å². The number of hydrogen-bond acceptors (Lipinski definition) is 6. The highest BCUT2D eigenvalue weighted by Gasteiger charge is 2.27. The standard InChI is InChI=1S/C23H37BrN4O3/c1-23(2,3)31-22(29)28-12-8-19(9-13-28)17-30-14-4-5-18-6-10-27(11-7-18)21-25-15-20(24)16-26-21/h15-16,18-19H,4-14,17H2,1-3H3. The molecule has 7 nitrogen and oxygen atoms in total. The lowest BCUT2D eigenvalue weighted by atomic mass is 9.92. The van der Waals surface area contributed by atoms with Crippen molar-refractivity contribution < 1.29 is 14.3 Å². The van der Waals surface area contributed by atoms with Gasteiger partial charge in [-0.3, -0.25) is 0 Å². The molecule has 31 heavy (non-hydrogen) atoms. The molecule has 0 unspecified atom stereocenters. The van der Waals surface area contributed by atoms with Gasteiger partial charge in [-0.05, 0) is 87.1 Å². The van der Waals surface area contributed by atoms with E-state index in [0.29, 0.717) is 5.92 Å². The predicted octanol–water partition coefficient (Wildman–Crippen LogP) is 4.90. The SMILES string of the molecule is CC(C)(C)OC(=O)N1CCC(COCCCC2CCN(c3ncc(Br)cn3)CC2)CC1. The third-order valence-corrected chi connectivity index (χ3v) is 6.43. The summed E-state index contributed by atoms with van der Waals surface area (Å²) in [5.41, 5.74) is -0.430. The Balaban J connectivity index is 1.22. The van der Waals surface area contributed by atoms with Crippen LogP contribution in [0, 0.1) is 11.8 Å². The maximum atomic E-state index is 12.1. The molecular weight excluding hydrogens is 460 g/mol. The number of aromatic nitrogens is 2. The number of rotatable bonds is 7. The zero-order valence-electron chi connectivity index (χ0n) is 19.2. The van der Waals surface area contributed by atoms with Gasteiger partial charge in [0.15, 0.2) is 0 Å². The zero-order chi connectivity index (χ0) is 22.3. The van der Waals surface area contributed by atoms with Crippen LogP contribution in [0.2, 0.25) is 0 Å². The molecule has 0 bridgehead atoms. The molecule has 0 aliphatic carbocycles. The van der Waals surface area contributed by atoms with Crippen LogP contribution < -0.4 is 4.90 Å². The molecule has 3 rings (SSSR count). The van der Waals surface area contributed by atoms with Crippen LogP contribution in [0.15, 0.2) is 16.9 Å². The van der Waals surface area contributed by atoms with Crippen LogP contribution in [-0.4, -0.2) is 66.0 Å². The van der Waals surface area contributed by atoms with Crippen molar-refractivity contribution in [3.8, 4) is 0 Å². The highest BCUT2D eigenvalue weighted by molar-refractivity contribution is 9.10. The minimum atomic E-state index is -0.430. The van der Waals surface area contributed by atoms with Crippen LogP contribution >= 0.6 is 15.9 Å². The molecular formula is C23H37BrN4O3. The van der Waals surface area contributed by atoms with E-state index >= 15 is 0 Å². The quantitative estimate of drug-likeness (QED) is 0.500. The number of hydrogen-bond donors (Lipinski definition) is 0. The summed E-state index contributed by atoms with van der Waals surface area (Å²) >= 11 is 3.39. The molecule has 2 aliphatic rings. The van der Waals surface area contributed by atoms with E-state index in [-0.39, 0.29) is 6.09 Å². The van der Waals surface area contributed by atoms with E-state index in [1.54, 1.807) is 0 Å². The summed E-state index contributed by atoms with van der Waals surface area (Å²) in [6, 6.07) is 0. The fourth-order valence-electron chi connectivity index (χ4n) is 4.22. The Hall–Kier alpha value is -1.41. The van der Waals surface area contributed by atoms with Gasteiger partial charge in [-0.25, -0.2) is 14.8 Å². The number of likely N-dealkylation sites (tertiary alicyclic amines) is 1. The predicted molar refractivity (Wildman–Crippen MR) is 125 cm³/mol. The summed E-state index contributed by atoms with van der Waals surface area (Å²) in [6.07, 6.45) is 10.2. The van der Waals surface area contributed by atoms with Crippen molar-refractivity contribution in [2.75, 3.05) is 44.3 Å². The summed E-state index contributed by atoms with van der Waals surface area (Å²) in [5, 5.41) is 0. The van der Waals surface area contributed by atoms with Crippen molar-refractivity contribution in [2.24, 2.45) is 11.8 Å². The molecule has 0 N–H and O–H groups in total. The van der Waals surface area contributed by atoms with E-state index in [0.717, 1.165) is 75.0 Å². The number of halogens is 1. The van der Waals surface area contributed by atoms with Gasteiger partial charge in [0.25, 0.3) is 0 Å². The fourth-order valence-corrected chi connectivity index (χ4v) is 4.43. The summed E-state index contributed by atoms with van der Waals surface area (Å²) in [4.78, 5) is 25.1. The Morgan fingerprint density at radius 2 is 1.68 bits per heavy atom. The van der Waals surface area contributed by atoms with Crippen LogP contribution in [0.4, 0.5) is 10.7 Å². The first-order valence-electron chi connectivity index (χ1n) is 11.6. The third-order valence-electron chi connectivity index (χ3n) is 6.02. The van der Waals surface area contributed by atoms with E-state index < -0.39 is 5.60 Å². The molecule has 2 saturated heterocycles. The lowest BCUT2D eigenvalue weighted by molar-refractivity contribution is 0.0114.